The van der Waals surface area contributed by atoms with E-state index in [1.165, 1.54) is 55.6 Å². The van der Waals surface area contributed by atoms with Gasteiger partial charge < -0.3 is 29.5 Å². The van der Waals surface area contributed by atoms with Crippen molar-refractivity contribution in [2.75, 3.05) is 19.8 Å². The molecule has 0 spiro atoms. The summed E-state index contributed by atoms with van der Waals surface area (Å²) >= 11 is 1.19. The van der Waals surface area contributed by atoms with Gasteiger partial charge in [-0.3, -0.25) is 24.0 Å². The fraction of sp³-hybridized carbons (Fsp3) is 0.565. The van der Waals surface area contributed by atoms with E-state index in [1.807, 2.05) is 0 Å². The number of rotatable bonds is 10. The van der Waals surface area contributed by atoms with Crippen LogP contribution >= 0.6 is 11.3 Å². The Kier molecular flexibility index (Phi) is 13.9. The minimum Gasteiger partial charge on any atom is -0.488 e. The Balaban J connectivity index is 1.22. The Morgan fingerprint density at radius 1 is 1.09 bits per heavy atom. The second-order valence-electron chi connectivity index (χ2n) is 18.8. The summed E-state index contributed by atoms with van der Waals surface area (Å²) in [5, 5.41) is 15.6. The van der Waals surface area contributed by atoms with E-state index in [4.69, 9.17) is 14.2 Å². The Morgan fingerprint density at radius 2 is 1.80 bits per heavy atom. The van der Waals surface area contributed by atoms with Crippen LogP contribution in [0.25, 0.3) is 22.0 Å². The normalized spacial score (nSPS) is 29.4. The summed E-state index contributed by atoms with van der Waals surface area (Å²) in [6, 6.07) is 3.16. The first kappa shape index (κ1) is 51.0. The monoisotopic (exact) mass is 1030 g/mol. The molecule has 8 atom stereocenters. The molecule has 8 rings (SSSR count). The summed E-state index contributed by atoms with van der Waals surface area (Å²) in [7, 11) is -4.22. The zero-order chi connectivity index (χ0) is 50.6. The number of nitrogens with zero attached hydrogens (tertiary/aromatic N) is 4. The Bertz CT molecular complexity index is 2610. The van der Waals surface area contributed by atoms with Crippen LogP contribution in [0.2, 0.25) is 0 Å². The summed E-state index contributed by atoms with van der Waals surface area (Å²) in [4.78, 5) is 67.9. The zero-order valence-electron chi connectivity index (χ0n) is 38.2. The van der Waals surface area contributed by atoms with Gasteiger partial charge in [-0.15, -0.1) is 11.3 Å². The molecule has 2 aliphatic carbocycles. The number of alkyl halides is 6. The van der Waals surface area contributed by atoms with Crippen molar-refractivity contribution in [3.63, 3.8) is 0 Å². The van der Waals surface area contributed by atoms with Gasteiger partial charge in [0.15, 0.2) is 5.54 Å². The molecule has 16 nitrogen and oxygen atoms in total. The maximum absolute atomic E-state index is 15.6. The van der Waals surface area contributed by atoms with Crippen molar-refractivity contribution in [2.45, 2.75) is 137 Å². The third kappa shape index (κ3) is 9.96. The van der Waals surface area contributed by atoms with Crippen molar-refractivity contribution in [2.24, 2.45) is 5.92 Å². The van der Waals surface area contributed by atoms with Crippen LogP contribution in [0.1, 0.15) is 84.1 Å². The van der Waals surface area contributed by atoms with Crippen molar-refractivity contribution < 1.29 is 73.3 Å². The molecule has 5 heterocycles. The van der Waals surface area contributed by atoms with Crippen LogP contribution in [0.3, 0.4) is 0 Å². The number of halogens is 6. The minimum atomic E-state index is -5.27. The molecule has 2 aromatic heterocycles. The average Bonchev–Trinajstić information content (AvgIpc) is 4.05. The van der Waals surface area contributed by atoms with Gasteiger partial charge in [-0.05, 0) is 77.3 Å². The SMILES string of the molecule is CC[C@@H]1O[C@H](C)CCC=C[C@@H]2C[C@@]2(C(=O)NS(=O)(=O)C2(C)CC2)NC(=O)[C@@H]2C[C@@H](Oc3cc(-c4ccc(C(F)(F)F)cc4)nc(-c4nccs4)c3)CN2C(=O)[C@H]1N(C(=O)O)C1(C(F)(F)F)CCCOC1. The first-order chi connectivity index (χ1) is 32.9. The number of nitrogens with one attached hydrogen (secondary N) is 2. The Morgan fingerprint density at radius 3 is 2.40 bits per heavy atom. The minimum absolute atomic E-state index is 0.0420. The van der Waals surface area contributed by atoms with E-state index in [9.17, 15) is 41.1 Å². The highest BCUT2D eigenvalue weighted by molar-refractivity contribution is 7.91. The number of benzene rings is 1. The molecule has 2 saturated heterocycles. The number of sulfonamides is 1. The van der Waals surface area contributed by atoms with Crippen LogP contribution < -0.4 is 14.8 Å². The van der Waals surface area contributed by atoms with Crippen molar-refractivity contribution in [1.29, 1.82) is 0 Å². The highest BCUT2D eigenvalue weighted by atomic mass is 32.2. The number of hydrogen-bond acceptors (Lipinski definition) is 12. The molecule has 380 valence electrons. The molecule has 3 aromatic rings. The number of carbonyl (C=O) groups is 4. The van der Waals surface area contributed by atoms with Crippen LogP contribution in [0, 0.1) is 5.92 Å². The van der Waals surface area contributed by atoms with E-state index in [0.29, 0.717) is 17.8 Å². The quantitative estimate of drug-likeness (QED) is 0.137. The standard InChI is InChI=1S/C46H52F6N6O10S2/c1-4-35-36(58(41(62)63)43(46(50,51)52)14-7-18-66-25-43)39(60)57-24-31(68-30-20-32(54-33(21-30)38-53-17-19-69-38)27-10-12-28(13-11-27)45(47,48)49)22-34(57)37(59)55-44(23-29(44)9-6-5-8-26(2)67-35)40(61)56-70(64,65)42(3)15-16-42/h6,9-13,17,19-21,26,29,31,34-36H,4-5,7-8,14-16,18,22-25H2,1-3H3,(H,55,59)(H,56,61)(H,62,63)/t26-,29-,31-,34+,35+,36+,43?,44-/m1/s1. The van der Waals surface area contributed by atoms with E-state index < -0.39 is 130 Å². The zero-order valence-corrected chi connectivity index (χ0v) is 39.9. The number of fused-ring (bicyclic) bond motifs is 2. The van der Waals surface area contributed by atoms with Crippen molar-refractivity contribution >= 4 is 45.2 Å². The van der Waals surface area contributed by atoms with Crippen molar-refractivity contribution in [3.8, 4) is 27.7 Å². The molecule has 3 aliphatic heterocycles. The number of carboxylic acid groups (broad SMARTS) is 1. The molecule has 1 aromatic carbocycles. The summed E-state index contributed by atoms with van der Waals surface area (Å²) in [6.45, 7) is 2.83. The van der Waals surface area contributed by atoms with Gasteiger partial charge in [0.2, 0.25) is 21.8 Å². The maximum atomic E-state index is 15.6. The predicted octanol–water partition coefficient (Wildman–Crippen LogP) is 7.11. The van der Waals surface area contributed by atoms with Gasteiger partial charge in [-0.2, -0.15) is 26.3 Å². The van der Waals surface area contributed by atoms with Gasteiger partial charge in [0.05, 0.1) is 41.4 Å². The number of aromatic nitrogens is 2. The molecule has 3 N–H and O–H groups in total. The largest absolute Gasteiger partial charge is 0.488 e. The van der Waals surface area contributed by atoms with Gasteiger partial charge in [-0.25, -0.2) is 23.2 Å². The van der Waals surface area contributed by atoms with Gasteiger partial charge in [0, 0.05) is 48.2 Å². The third-order valence-corrected chi connectivity index (χ3v) is 16.9. The molecular weight excluding hydrogens is 975 g/mol. The Hall–Kier alpha value is -5.33. The van der Waals surface area contributed by atoms with Gasteiger partial charge in [0.25, 0.3) is 5.91 Å². The summed E-state index contributed by atoms with van der Waals surface area (Å²) < 4.78 is 133. The lowest BCUT2D eigenvalue weighted by Gasteiger charge is -2.50. The van der Waals surface area contributed by atoms with Gasteiger partial charge in [-0.1, -0.05) is 31.2 Å². The van der Waals surface area contributed by atoms with Crippen LogP contribution in [-0.4, -0.2) is 129 Å². The fourth-order valence-electron chi connectivity index (χ4n) is 9.50. The number of pyridine rings is 1. The molecule has 5 aliphatic rings. The molecule has 0 radical (unpaired) electrons. The molecule has 4 fully saturated rings. The van der Waals surface area contributed by atoms with Crippen LogP contribution in [0.4, 0.5) is 31.1 Å². The molecule has 24 heteroatoms. The number of hydrogen-bond donors (Lipinski definition) is 3. The number of carbonyl (C=O) groups excluding carboxylic acids is 3. The number of allylic oxidation sites excluding steroid dienone is 1. The Labute approximate surface area is 403 Å². The van der Waals surface area contributed by atoms with Crippen LogP contribution in [-0.2, 0) is 40.1 Å². The smallest absolute Gasteiger partial charge is 0.416 e. The summed E-state index contributed by atoms with van der Waals surface area (Å²) in [5.74, 6) is -3.96. The maximum Gasteiger partial charge on any atom is 0.416 e. The lowest BCUT2D eigenvalue weighted by atomic mass is 9.86. The second kappa shape index (κ2) is 19.0. The fourth-order valence-corrected chi connectivity index (χ4v) is 11.4. The first-order valence-electron chi connectivity index (χ1n) is 22.9. The first-order valence-corrected chi connectivity index (χ1v) is 25.2. The van der Waals surface area contributed by atoms with E-state index >= 15 is 18.0 Å². The summed E-state index contributed by atoms with van der Waals surface area (Å²) in [5.41, 5.74) is -5.35. The molecule has 2 saturated carbocycles. The highest BCUT2D eigenvalue weighted by Crippen LogP contribution is 2.49. The molecule has 70 heavy (non-hydrogen) atoms. The lowest BCUT2D eigenvalue weighted by molar-refractivity contribution is -0.263. The lowest BCUT2D eigenvalue weighted by Crippen LogP contribution is -2.72. The number of amides is 4. The predicted molar refractivity (Wildman–Crippen MR) is 239 cm³/mol. The van der Waals surface area contributed by atoms with E-state index in [-0.39, 0.29) is 66.3 Å². The van der Waals surface area contributed by atoms with E-state index in [0.717, 1.165) is 17.0 Å². The summed E-state index contributed by atoms with van der Waals surface area (Å²) in [6.07, 6.45) is -11.1. The van der Waals surface area contributed by atoms with Crippen molar-refractivity contribution in [1.82, 2.24) is 29.8 Å². The van der Waals surface area contributed by atoms with E-state index in [2.05, 4.69) is 20.0 Å². The van der Waals surface area contributed by atoms with Crippen LogP contribution in [0.15, 0.2) is 60.1 Å². The molecule has 4 amide bonds. The molecule has 0 bridgehead atoms. The van der Waals surface area contributed by atoms with Gasteiger partial charge in [0.1, 0.15) is 40.2 Å². The van der Waals surface area contributed by atoms with Gasteiger partial charge >= 0.3 is 18.4 Å². The average molecular weight is 1030 g/mol. The molecular formula is C46H52F6N6O10S2. The number of thiazole rings is 1. The second-order valence-corrected chi connectivity index (χ2v) is 21.9. The molecule has 1 unspecified atom stereocenters. The van der Waals surface area contributed by atoms with Crippen molar-refractivity contribution in [3.05, 3.63) is 65.7 Å². The van der Waals surface area contributed by atoms with Crippen LogP contribution in [0.5, 0.6) is 5.75 Å². The highest BCUT2D eigenvalue weighted by Gasteiger charge is 2.66. The number of ether oxygens (including phenoxy) is 3. The topological polar surface area (TPSA) is 207 Å². The third-order valence-electron chi connectivity index (χ3n) is 13.9. The van der Waals surface area contributed by atoms with E-state index in [1.54, 1.807) is 24.5 Å².